The Morgan fingerprint density at radius 3 is 1.31 bits per heavy atom. The van der Waals surface area contributed by atoms with Gasteiger partial charge in [-0.1, -0.05) is 83.2 Å². The average Bonchev–Trinajstić information content (AvgIpc) is 2.96. The van der Waals surface area contributed by atoms with Crippen molar-refractivity contribution in [2.24, 2.45) is 0 Å². The normalized spacial score (nSPS) is 10.6. The molecule has 6 aromatic rings. The number of rotatable bonds is 5. The van der Waals surface area contributed by atoms with Crippen molar-refractivity contribution in [3.63, 3.8) is 0 Å². The summed E-state index contributed by atoms with van der Waals surface area (Å²) in [5.41, 5.74) is 0. The molecule has 0 bridgehead atoms. The molecule has 2 heteroatoms. The van der Waals surface area contributed by atoms with Gasteiger partial charge < -0.3 is 0 Å². The van der Waals surface area contributed by atoms with Crippen molar-refractivity contribution < 1.29 is 0 Å². The Bertz CT molecular complexity index is 1380. The molecule has 0 aliphatic carbocycles. The van der Waals surface area contributed by atoms with Gasteiger partial charge in [-0.3, -0.25) is 0 Å². The van der Waals surface area contributed by atoms with Crippen molar-refractivity contribution in [2.75, 3.05) is 0 Å². The van der Waals surface area contributed by atoms with E-state index in [0.29, 0.717) is 0 Å². The number of benzene rings is 6. The van der Waals surface area contributed by atoms with Gasteiger partial charge in [-0.15, -0.1) is 0 Å². The third kappa shape index (κ3) is 6.12. The van der Waals surface area contributed by atoms with Crippen LogP contribution in [0.15, 0.2) is 164 Å². The van der Waals surface area contributed by atoms with Gasteiger partial charge >= 0.3 is 119 Å². The van der Waals surface area contributed by atoms with E-state index >= 15 is 0 Å². The molecular formula is C34H28GeSi. The van der Waals surface area contributed by atoms with Crippen molar-refractivity contribution in [3.8, 4) is 0 Å². The van der Waals surface area contributed by atoms with E-state index in [9.17, 15) is 0 Å². The van der Waals surface area contributed by atoms with Crippen LogP contribution in [-0.4, -0.2) is 23.9 Å². The quantitative estimate of drug-likeness (QED) is 0.286. The Morgan fingerprint density at radius 1 is 0.361 bits per heavy atom. The van der Waals surface area contributed by atoms with Gasteiger partial charge in [-0.25, -0.2) is 0 Å². The zero-order valence-electron chi connectivity index (χ0n) is 20.2. The van der Waals surface area contributed by atoms with Gasteiger partial charge in [-0.05, 0) is 10.8 Å². The van der Waals surface area contributed by atoms with Crippen molar-refractivity contribution in [2.45, 2.75) is 0 Å². The molecule has 0 fully saturated rings. The van der Waals surface area contributed by atoms with Crippen LogP contribution in [0.4, 0.5) is 0 Å². The van der Waals surface area contributed by atoms with E-state index in [1.165, 1.54) is 34.3 Å². The second-order valence-electron chi connectivity index (χ2n) is 8.60. The van der Waals surface area contributed by atoms with Gasteiger partial charge in [0.1, 0.15) is 9.52 Å². The van der Waals surface area contributed by atoms with Gasteiger partial charge in [0.25, 0.3) is 0 Å². The van der Waals surface area contributed by atoms with E-state index in [1.807, 2.05) is 0 Å². The molecule has 0 N–H and O–H groups in total. The topological polar surface area (TPSA) is 0 Å². The van der Waals surface area contributed by atoms with Crippen molar-refractivity contribution in [1.82, 2.24) is 0 Å². The van der Waals surface area contributed by atoms with Crippen LogP contribution in [0.25, 0.3) is 10.8 Å². The number of fused-ring (bicyclic) bond motifs is 1. The second kappa shape index (κ2) is 12.3. The summed E-state index contributed by atoms with van der Waals surface area (Å²) in [7, 11) is 0.187. The SMILES string of the molecule is c1cc[c]([Ge]([c]2ccccc2)[c]2ccccc2)cc1.c1ccc([SiH]c2cccc3ccccc23)cc1. The number of hydrogen-bond acceptors (Lipinski definition) is 0. The maximum atomic E-state index is 2.27. The Morgan fingerprint density at radius 2 is 0.778 bits per heavy atom. The first-order valence-corrected chi connectivity index (χ1v) is 16.6. The molecule has 0 aromatic heterocycles. The van der Waals surface area contributed by atoms with Crippen LogP contribution in [-0.2, 0) is 0 Å². The molecule has 6 aromatic carbocycles. The molecule has 0 saturated carbocycles. The second-order valence-corrected chi connectivity index (χ2v) is 15.4. The van der Waals surface area contributed by atoms with Gasteiger partial charge in [-0.2, -0.15) is 0 Å². The summed E-state index contributed by atoms with van der Waals surface area (Å²) in [5, 5.41) is 5.67. The minimum atomic E-state index is -1.63. The van der Waals surface area contributed by atoms with E-state index in [0.717, 1.165) is 0 Å². The Hall–Kier alpha value is -3.66. The molecule has 0 unspecified atom stereocenters. The molecule has 6 rings (SSSR count). The van der Waals surface area contributed by atoms with Gasteiger partial charge in [0.2, 0.25) is 0 Å². The molecule has 0 aliphatic heterocycles. The third-order valence-corrected chi connectivity index (χ3v) is 13.4. The molecule has 0 atom stereocenters. The zero-order valence-corrected chi connectivity index (χ0v) is 23.4. The maximum absolute atomic E-state index is 2.27. The van der Waals surface area contributed by atoms with Crippen LogP contribution in [0.3, 0.4) is 0 Å². The largest absolute Gasteiger partial charge is 0.104 e. The molecule has 0 saturated heterocycles. The predicted octanol–water partition coefficient (Wildman–Crippen LogP) is 4.43. The van der Waals surface area contributed by atoms with Crippen molar-refractivity contribution >= 4 is 58.2 Å². The van der Waals surface area contributed by atoms with E-state index in [4.69, 9.17) is 0 Å². The van der Waals surface area contributed by atoms with Crippen LogP contribution < -0.4 is 23.6 Å². The Kier molecular flexibility index (Phi) is 8.25. The fourth-order valence-electron chi connectivity index (χ4n) is 4.42. The smallest absolute Gasteiger partial charge is 0.0632 e. The molecule has 172 valence electrons. The van der Waals surface area contributed by atoms with Crippen molar-refractivity contribution in [1.29, 1.82) is 0 Å². The molecular weight excluding hydrogens is 509 g/mol. The first kappa shape index (κ1) is 24.1. The van der Waals surface area contributed by atoms with Gasteiger partial charge in [0.15, 0.2) is 0 Å². The zero-order chi connectivity index (χ0) is 24.4. The first-order valence-electron chi connectivity index (χ1n) is 12.3. The summed E-state index contributed by atoms with van der Waals surface area (Å²) in [4.78, 5) is 0. The predicted molar refractivity (Wildman–Crippen MR) is 161 cm³/mol. The molecule has 36 heavy (non-hydrogen) atoms. The summed E-state index contributed by atoms with van der Waals surface area (Å²) < 4.78 is 4.50. The minimum absolute atomic E-state index is 0.187. The standard InChI is InChI=1S/C18H15Ge.C16H13Si/c1-4-10-16(11-5-1)19(17-12-6-2-7-13-17)18-14-8-3-9-15-18;1-2-9-14(10-3-1)17-16-12-6-8-13-7-4-5-11-15(13)16/h1-15H;1-12,17H. The van der Waals surface area contributed by atoms with Crippen LogP contribution >= 0.6 is 0 Å². The van der Waals surface area contributed by atoms with E-state index in [2.05, 4.69) is 164 Å². The van der Waals surface area contributed by atoms with E-state index in [-0.39, 0.29) is 9.52 Å². The molecule has 0 heterocycles. The summed E-state index contributed by atoms with van der Waals surface area (Å²) >= 11 is -1.63. The van der Waals surface area contributed by atoms with Gasteiger partial charge in [0.05, 0.1) is 0 Å². The Labute approximate surface area is 221 Å². The number of hydrogen-bond donors (Lipinski definition) is 0. The average molecular weight is 537 g/mol. The van der Waals surface area contributed by atoms with E-state index < -0.39 is 14.3 Å². The van der Waals surface area contributed by atoms with Crippen molar-refractivity contribution in [3.05, 3.63) is 164 Å². The monoisotopic (exact) mass is 538 g/mol. The van der Waals surface area contributed by atoms with E-state index in [1.54, 1.807) is 0 Å². The molecule has 0 amide bonds. The van der Waals surface area contributed by atoms with Crippen LogP contribution in [0.2, 0.25) is 0 Å². The fourth-order valence-corrected chi connectivity index (χ4v) is 11.2. The summed E-state index contributed by atoms with van der Waals surface area (Å²) in [5.74, 6) is 0. The third-order valence-electron chi connectivity index (χ3n) is 6.13. The van der Waals surface area contributed by atoms with Crippen LogP contribution in [0.5, 0.6) is 0 Å². The van der Waals surface area contributed by atoms with Gasteiger partial charge in [0, 0.05) is 0 Å². The molecule has 0 aliphatic rings. The maximum Gasteiger partial charge on any atom is 0.104 e. The summed E-state index contributed by atoms with van der Waals surface area (Å²) in [6.07, 6.45) is 0. The summed E-state index contributed by atoms with van der Waals surface area (Å²) in [6.45, 7) is 0. The van der Waals surface area contributed by atoms with Crippen LogP contribution in [0, 0.1) is 0 Å². The molecule has 2 radical (unpaired) electrons. The minimum Gasteiger partial charge on any atom is -0.0632 e. The first-order chi connectivity index (χ1) is 17.9. The Balaban J connectivity index is 0.000000149. The van der Waals surface area contributed by atoms with Crippen LogP contribution in [0.1, 0.15) is 0 Å². The fraction of sp³-hybridized carbons (Fsp3) is 0. The molecule has 0 nitrogen and oxygen atoms in total. The summed E-state index contributed by atoms with van der Waals surface area (Å²) in [6, 6.07) is 58.8. The molecule has 0 spiro atoms.